The Morgan fingerprint density at radius 1 is 1.58 bits per heavy atom. The molecule has 8 nitrogen and oxygen atoms in total. The minimum atomic E-state index is -0.422. The van der Waals surface area contributed by atoms with Gasteiger partial charge >= 0.3 is 5.69 Å². The third-order valence-electron chi connectivity index (χ3n) is 2.65. The summed E-state index contributed by atoms with van der Waals surface area (Å²) in [4.78, 5) is 21.3. The fourth-order valence-corrected chi connectivity index (χ4v) is 1.83. The summed E-state index contributed by atoms with van der Waals surface area (Å²) in [5.74, 6) is -0.00843. The van der Waals surface area contributed by atoms with E-state index in [1.54, 1.807) is 7.05 Å². The highest BCUT2D eigenvalue weighted by atomic mass is 16.6. The summed E-state index contributed by atoms with van der Waals surface area (Å²) in [6.45, 7) is 2.38. The van der Waals surface area contributed by atoms with Crippen molar-refractivity contribution in [1.29, 1.82) is 0 Å². The highest BCUT2D eigenvalue weighted by molar-refractivity contribution is 5.73. The maximum atomic E-state index is 11.1. The van der Waals surface area contributed by atoms with Crippen molar-refractivity contribution in [3.63, 3.8) is 0 Å². The first-order chi connectivity index (χ1) is 8.97. The number of nitrogens with two attached hydrogens (primary N) is 1. The molecule has 1 heterocycles. The number of nitrogens with zero attached hydrogens (tertiary/aromatic N) is 3. The van der Waals surface area contributed by atoms with E-state index in [2.05, 4.69) is 10.4 Å². The van der Waals surface area contributed by atoms with Gasteiger partial charge in [0.05, 0.1) is 4.92 Å². The minimum Gasteiger partial charge on any atom is -0.370 e. The van der Waals surface area contributed by atoms with Crippen LogP contribution in [0.5, 0.6) is 0 Å². The van der Waals surface area contributed by atoms with Gasteiger partial charge in [-0.05, 0) is 12.8 Å². The topological polar surface area (TPSA) is 116 Å². The lowest BCUT2D eigenvalue weighted by Gasteiger charge is -2.04. The molecule has 106 valence electrons. The van der Waals surface area contributed by atoms with E-state index in [1.165, 1.54) is 4.68 Å². The Labute approximate surface area is 111 Å². The summed E-state index contributed by atoms with van der Waals surface area (Å²) in [5, 5.41) is 18.2. The van der Waals surface area contributed by atoms with E-state index in [0.29, 0.717) is 30.9 Å². The van der Waals surface area contributed by atoms with Gasteiger partial charge in [0.2, 0.25) is 11.7 Å². The van der Waals surface area contributed by atoms with E-state index in [1.807, 2.05) is 6.92 Å². The zero-order chi connectivity index (χ0) is 14.4. The highest BCUT2D eigenvalue weighted by Crippen LogP contribution is 2.28. The fraction of sp³-hybridized carbons (Fsp3) is 0.636. The van der Waals surface area contributed by atoms with Crippen molar-refractivity contribution in [2.45, 2.75) is 32.6 Å². The predicted molar refractivity (Wildman–Crippen MR) is 70.8 cm³/mol. The van der Waals surface area contributed by atoms with E-state index in [0.717, 1.165) is 6.42 Å². The van der Waals surface area contributed by atoms with Gasteiger partial charge in [-0.2, -0.15) is 5.10 Å². The van der Waals surface area contributed by atoms with Crippen LogP contribution in [-0.4, -0.2) is 27.2 Å². The monoisotopic (exact) mass is 269 g/mol. The Morgan fingerprint density at radius 2 is 2.26 bits per heavy atom. The summed E-state index contributed by atoms with van der Waals surface area (Å²) >= 11 is 0. The van der Waals surface area contributed by atoms with Gasteiger partial charge in [-0.3, -0.25) is 14.9 Å². The molecule has 3 N–H and O–H groups in total. The SMILES string of the molecule is CCCc1nn(C)c(NCCCC(N)=O)c1[N+](=O)[O-]. The van der Waals surface area contributed by atoms with Crippen molar-refractivity contribution in [2.75, 3.05) is 11.9 Å². The molecule has 19 heavy (non-hydrogen) atoms. The van der Waals surface area contributed by atoms with Crippen molar-refractivity contribution in [3.05, 3.63) is 15.8 Å². The van der Waals surface area contributed by atoms with Crippen molar-refractivity contribution < 1.29 is 9.72 Å². The van der Waals surface area contributed by atoms with Gasteiger partial charge in [0, 0.05) is 20.0 Å². The molecule has 0 fully saturated rings. The lowest BCUT2D eigenvalue weighted by atomic mass is 10.2. The second kappa shape index (κ2) is 6.72. The number of carbonyl (C=O) groups excluding carboxylic acids is 1. The maximum Gasteiger partial charge on any atom is 0.333 e. The molecule has 0 saturated heterocycles. The number of nitrogens with one attached hydrogen (secondary N) is 1. The molecular formula is C11H19N5O3. The number of carbonyl (C=O) groups is 1. The summed E-state index contributed by atoms with van der Waals surface area (Å²) in [7, 11) is 1.66. The molecule has 0 aliphatic carbocycles. The number of aromatic nitrogens is 2. The van der Waals surface area contributed by atoms with Crippen LogP contribution >= 0.6 is 0 Å². The number of hydrogen-bond acceptors (Lipinski definition) is 5. The Bertz CT molecular complexity index is 469. The Hall–Kier alpha value is -2.12. The van der Waals surface area contributed by atoms with Crippen LogP contribution in [0.4, 0.5) is 11.5 Å². The molecule has 0 bridgehead atoms. The smallest absolute Gasteiger partial charge is 0.333 e. The first-order valence-corrected chi connectivity index (χ1v) is 6.19. The first-order valence-electron chi connectivity index (χ1n) is 6.19. The number of hydrogen-bond donors (Lipinski definition) is 2. The highest BCUT2D eigenvalue weighted by Gasteiger charge is 2.25. The third kappa shape index (κ3) is 3.94. The fourth-order valence-electron chi connectivity index (χ4n) is 1.83. The van der Waals surface area contributed by atoms with Gasteiger partial charge in [0.1, 0.15) is 5.69 Å². The summed E-state index contributed by atoms with van der Waals surface area (Å²) in [5.41, 5.74) is 5.53. The van der Waals surface area contributed by atoms with E-state index in [9.17, 15) is 14.9 Å². The van der Waals surface area contributed by atoms with Gasteiger partial charge in [-0.1, -0.05) is 13.3 Å². The second-order valence-electron chi connectivity index (χ2n) is 4.27. The summed E-state index contributed by atoms with van der Waals surface area (Å²) < 4.78 is 1.47. The van der Waals surface area contributed by atoms with Crippen LogP contribution in [-0.2, 0) is 18.3 Å². The molecule has 0 radical (unpaired) electrons. The third-order valence-corrected chi connectivity index (χ3v) is 2.65. The number of nitro groups is 1. The number of rotatable bonds is 8. The minimum absolute atomic E-state index is 0.0171. The van der Waals surface area contributed by atoms with Crippen molar-refractivity contribution in [2.24, 2.45) is 12.8 Å². The van der Waals surface area contributed by atoms with Crippen LogP contribution in [0.25, 0.3) is 0 Å². The lowest BCUT2D eigenvalue weighted by molar-refractivity contribution is -0.384. The molecule has 1 aromatic heterocycles. The molecule has 0 aromatic carbocycles. The molecule has 8 heteroatoms. The van der Waals surface area contributed by atoms with Gasteiger partial charge in [0.15, 0.2) is 0 Å². The van der Waals surface area contributed by atoms with Crippen molar-refractivity contribution >= 4 is 17.4 Å². The summed E-state index contributed by atoms with van der Waals surface area (Å²) in [6.07, 6.45) is 2.13. The Kier molecular flexibility index (Phi) is 5.28. The predicted octanol–water partition coefficient (Wildman–Crippen LogP) is 0.958. The Balaban J connectivity index is 2.81. The number of amides is 1. The van der Waals surface area contributed by atoms with Crippen LogP contribution in [0.3, 0.4) is 0 Å². The molecule has 1 amide bonds. The normalized spacial score (nSPS) is 10.4. The van der Waals surface area contributed by atoms with E-state index in [-0.39, 0.29) is 18.0 Å². The zero-order valence-corrected chi connectivity index (χ0v) is 11.2. The quantitative estimate of drug-likeness (QED) is 0.414. The molecule has 0 aliphatic rings. The van der Waals surface area contributed by atoms with Crippen LogP contribution in [0, 0.1) is 10.1 Å². The molecule has 0 atom stereocenters. The number of primary amides is 1. The molecule has 1 aromatic rings. The van der Waals surface area contributed by atoms with Crippen LogP contribution < -0.4 is 11.1 Å². The lowest BCUT2D eigenvalue weighted by Crippen LogP contribution is -2.14. The molecule has 1 rings (SSSR count). The van der Waals surface area contributed by atoms with Crippen LogP contribution in [0.1, 0.15) is 31.9 Å². The number of anilines is 1. The van der Waals surface area contributed by atoms with E-state index >= 15 is 0 Å². The zero-order valence-electron chi connectivity index (χ0n) is 11.2. The second-order valence-corrected chi connectivity index (χ2v) is 4.27. The average Bonchev–Trinajstić information content (AvgIpc) is 2.61. The summed E-state index contributed by atoms with van der Waals surface area (Å²) in [6, 6.07) is 0. The first kappa shape index (κ1) is 14.9. The molecule has 0 spiro atoms. The van der Waals surface area contributed by atoms with Crippen molar-refractivity contribution in [1.82, 2.24) is 9.78 Å². The molecule has 0 saturated carbocycles. The average molecular weight is 269 g/mol. The van der Waals surface area contributed by atoms with Gasteiger partial charge in [0.25, 0.3) is 0 Å². The van der Waals surface area contributed by atoms with Gasteiger partial charge in [-0.15, -0.1) is 0 Å². The Morgan fingerprint density at radius 3 is 2.79 bits per heavy atom. The number of aryl methyl sites for hydroxylation is 2. The maximum absolute atomic E-state index is 11.1. The van der Waals surface area contributed by atoms with E-state index in [4.69, 9.17) is 5.73 Å². The van der Waals surface area contributed by atoms with Gasteiger partial charge < -0.3 is 11.1 Å². The van der Waals surface area contributed by atoms with Gasteiger partial charge in [-0.25, -0.2) is 4.68 Å². The van der Waals surface area contributed by atoms with Crippen LogP contribution in [0.2, 0.25) is 0 Å². The van der Waals surface area contributed by atoms with Crippen LogP contribution in [0.15, 0.2) is 0 Å². The molecule has 0 unspecified atom stereocenters. The van der Waals surface area contributed by atoms with E-state index < -0.39 is 4.92 Å². The van der Waals surface area contributed by atoms with Crippen molar-refractivity contribution in [3.8, 4) is 0 Å². The largest absolute Gasteiger partial charge is 0.370 e. The molecule has 0 aliphatic heterocycles. The molecular weight excluding hydrogens is 250 g/mol. The standard InChI is InChI=1S/C11H19N5O3/c1-3-5-8-10(16(18)19)11(15(2)14-8)13-7-4-6-9(12)17/h13H,3-7H2,1-2H3,(H2,12,17).